The zero-order chi connectivity index (χ0) is 19.0. The van der Waals surface area contributed by atoms with E-state index in [1.165, 1.54) is 6.07 Å². The second-order valence-corrected chi connectivity index (χ2v) is 6.19. The van der Waals surface area contributed by atoms with Crippen molar-refractivity contribution in [2.75, 3.05) is 0 Å². The van der Waals surface area contributed by atoms with Gasteiger partial charge in [0, 0.05) is 18.5 Å². The highest BCUT2D eigenvalue weighted by Gasteiger charge is 2.18. The van der Waals surface area contributed by atoms with Gasteiger partial charge in [0.1, 0.15) is 6.54 Å². The summed E-state index contributed by atoms with van der Waals surface area (Å²) in [6.07, 6.45) is 3.51. The van der Waals surface area contributed by atoms with Crippen molar-refractivity contribution in [1.29, 1.82) is 0 Å². The zero-order valence-electron chi connectivity index (χ0n) is 14.4. The topological polar surface area (TPSA) is 107 Å². The van der Waals surface area contributed by atoms with Crippen molar-refractivity contribution >= 4 is 28.1 Å². The number of non-ortho nitro benzene ring substituents is 1. The van der Waals surface area contributed by atoms with E-state index in [9.17, 15) is 14.9 Å². The van der Waals surface area contributed by atoms with E-state index < -0.39 is 4.92 Å². The Bertz CT molecular complexity index is 1160. The maximum atomic E-state index is 12.5. The van der Waals surface area contributed by atoms with E-state index in [1.807, 2.05) is 35.7 Å². The highest BCUT2D eigenvalue weighted by Crippen LogP contribution is 2.26. The molecule has 0 bridgehead atoms. The van der Waals surface area contributed by atoms with Crippen molar-refractivity contribution in [2.45, 2.75) is 19.5 Å². The number of carbonyl (C=O) groups is 1. The minimum absolute atomic E-state index is 0.0231. The number of nitro groups is 1. The van der Waals surface area contributed by atoms with Crippen molar-refractivity contribution in [1.82, 2.24) is 24.5 Å². The van der Waals surface area contributed by atoms with Crippen LogP contribution in [-0.2, 0) is 11.3 Å². The fourth-order valence-corrected chi connectivity index (χ4v) is 3.17. The second-order valence-electron chi connectivity index (χ2n) is 6.19. The van der Waals surface area contributed by atoms with Crippen LogP contribution < -0.4 is 5.32 Å². The third-order valence-electron chi connectivity index (χ3n) is 4.41. The average molecular weight is 364 g/mol. The molecule has 1 N–H and O–H groups in total. The summed E-state index contributed by atoms with van der Waals surface area (Å²) in [5.74, 6) is 0.408. The first-order chi connectivity index (χ1) is 13.0. The molecule has 0 aliphatic heterocycles. The lowest BCUT2D eigenvalue weighted by Gasteiger charge is -2.13. The van der Waals surface area contributed by atoms with Gasteiger partial charge in [0.25, 0.3) is 5.69 Å². The highest BCUT2D eigenvalue weighted by atomic mass is 16.6. The normalized spacial score (nSPS) is 12.3. The molecule has 27 heavy (non-hydrogen) atoms. The average Bonchev–Trinajstić information content (AvgIpc) is 3.25. The van der Waals surface area contributed by atoms with Gasteiger partial charge in [-0.2, -0.15) is 0 Å². The molecule has 1 aromatic carbocycles. The van der Waals surface area contributed by atoms with Crippen LogP contribution in [0.5, 0.6) is 0 Å². The summed E-state index contributed by atoms with van der Waals surface area (Å²) < 4.78 is 3.51. The number of carbonyl (C=O) groups excluding carboxylic acids is 1. The Kier molecular flexibility index (Phi) is 4.03. The van der Waals surface area contributed by atoms with Gasteiger partial charge in [-0.15, -0.1) is 10.2 Å². The fourth-order valence-electron chi connectivity index (χ4n) is 3.17. The van der Waals surface area contributed by atoms with Crippen LogP contribution in [0.1, 0.15) is 18.8 Å². The number of hydrogen-bond donors (Lipinski definition) is 1. The molecular weight excluding hydrogens is 348 g/mol. The molecule has 9 heteroatoms. The molecule has 0 saturated carbocycles. The van der Waals surface area contributed by atoms with Gasteiger partial charge in [-0.25, -0.2) is 0 Å². The van der Waals surface area contributed by atoms with Crippen LogP contribution in [0.2, 0.25) is 0 Å². The Labute approximate surface area is 153 Å². The first-order valence-corrected chi connectivity index (χ1v) is 8.36. The number of nitro benzene ring substituents is 1. The summed E-state index contributed by atoms with van der Waals surface area (Å²) in [5.41, 5.74) is 1.37. The smallest absolute Gasteiger partial charge is 0.278 e. The molecule has 1 amide bonds. The largest absolute Gasteiger partial charge is 0.345 e. The van der Waals surface area contributed by atoms with Gasteiger partial charge in [0.2, 0.25) is 5.91 Å². The van der Waals surface area contributed by atoms with Crippen LogP contribution >= 0.6 is 0 Å². The Hall–Kier alpha value is -3.75. The lowest BCUT2D eigenvalue weighted by Crippen LogP contribution is -2.31. The lowest BCUT2D eigenvalue weighted by molar-refractivity contribution is -0.383. The van der Waals surface area contributed by atoms with Crippen LogP contribution in [0.25, 0.3) is 16.6 Å². The van der Waals surface area contributed by atoms with E-state index in [-0.39, 0.29) is 24.2 Å². The number of hydrogen-bond acceptors (Lipinski definition) is 5. The van der Waals surface area contributed by atoms with Crippen LogP contribution in [0.4, 0.5) is 5.69 Å². The molecule has 1 atom stereocenters. The van der Waals surface area contributed by atoms with Crippen molar-refractivity contribution in [3.05, 3.63) is 70.8 Å². The van der Waals surface area contributed by atoms with Crippen molar-refractivity contribution < 1.29 is 9.72 Å². The molecule has 9 nitrogen and oxygen atoms in total. The fraction of sp³-hybridized carbons (Fsp3) is 0.167. The number of amides is 1. The maximum absolute atomic E-state index is 12.5. The molecule has 1 unspecified atom stereocenters. The molecule has 0 fully saturated rings. The molecule has 0 radical (unpaired) electrons. The molecule has 136 valence electrons. The van der Waals surface area contributed by atoms with Gasteiger partial charge in [-0.05, 0) is 31.2 Å². The number of fused-ring (bicyclic) bond motifs is 2. The number of rotatable bonds is 5. The third-order valence-corrected chi connectivity index (χ3v) is 4.41. The summed E-state index contributed by atoms with van der Waals surface area (Å²) in [4.78, 5) is 23.2. The molecule has 0 aliphatic rings. The Morgan fingerprint density at radius 2 is 2.04 bits per heavy atom. The van der Waals surface area contributed by atoms with Crippen molar-refractivity contribution in [3.8, 4) is 0 Å². The van der Waals surface area contributed by atoms with Crippen LogP contribution in [-0.4, -0.2) is 30.0 Å². The Morgan fingerprint density at radius 1 is 1.19 bits per heavy atom. The summed E-state index contributed by atoms with van der Waals surface area (Å²) in [6.45, 7) is 1.88. The lowest BCUT2D eigenvalue weighted by atomic mass is 10.2. The van der Waals surface area contributed by atoms with E-state index >= 15 is 0 Å². The van der Waals surface area contributed by atoms with Gasteiger partial charge in [-0.1, -0.05) is 12.1 Å². The van der Waals surface area contributed by atoms with E-state index in [4.69, 9.17) is 0 Å². The monoisotopic (exact) mass is 364 g/mol. The number of aromatic nitrogens is 4. The predicted molar refractivity (Wildman–Crippen MR) is 98.1 cm³/mol. The van der Waals surface area contributed by atoms with Gasteiger partial charge in [0.15, 0.2) is 11.5 Å². The minimum Gasteiger partial charge on any atom is -0.345 e. The van der Waals surface area contributed by atoms with Gasteiger partial charge >= 0.3 is 0 Å². The zero-order valence-corrected chi connectivity index (χ0v) is 14.4. The number of nitrogens with zero attached hydrogens (tertiary/aromatic N) is 5. The van der Waals surface area contributed by atoms with Gasteiger partial charge < -0.3 is 9.88 Å². The Morgan fingerprint density at radius 3 is 2.85 bits per heavy atom. The third kappa shape index (κ3) is 2.99. The second kappa shape index (κ2) is 6.52. The molecule has 3 heterocycles. The Balaban J connectivity index is 1.54. The van der Waals surface area contributed by atoms with E-state index in [0.29, 0.717) is 22.4 Å². The van der Waals surface area contributed by atoms with Crippen molar-refractivity contribution in [3.63, 3.8) is 0 Å². The standard InChI is InChI=1S/C18H16N6O3/c1-12(18-21-20-16-7-2-3-9-23(16)18)19-17(25)11-22-10-8-13-14(22)5-4-6-15(13)24(26)27/h2-10,12H,11H2,1H3,(H,19,25). The van der Waals surface area contributed by atoms with Gasteiger partial charge in [0.05, 0.1) is 21.9 Å². The summed E-state index contributed by atoms with van der Waals surface area (Å²) >= 11 is 0. The first-order valence-electron chi connectivity index (χ1n) is 8.36. The van der Waals surface area contributed by atoms with Crippen LogP contribution in [0.15, 0.2) is 54.9 Å². The van der Waals surface area contributed by atoms with E-state index in [2.05, 4.69) is 15.5 Å². The summed E-state index contributed by atoms with van der Waals surface area (Å²) in [5, 5.41) is 22.8. The van der Waals surface area contributed by atoms with Crippen LogP contribution in [0, 0.1) is 10.1 Å². The summed E-state index contributed by atoms with van der Waals surface area (Å²) in [6, 6.07) is 11.7. The quantitative estimate of drug-likeness (QED) is 0.432. The molecule has 0 saturated heterocycles. The van der Waals surface area contributed by atoms with E-state index in [0.717, 1.165) is 0 Å². The SMILES string of the molecule is CC(NC(=O)Cn1ccc2c([N+](=O)[O-])cccc21)c1nnc2ccccn12. The molecular formula is C18H16N6O3. The predicted octanol–water partition coefficient (Wildman–Crippen LogP) is 2.47. The maximum Gasteiger partial charge on any atom is 0.278 e. The molecule has 0 spiro atoms. The van der Waals surface area contributed by atoms with E-state index in [1.54, 1.807) is 29.0 Å². The highest BCUT2D eigenvalue weighted by molar-refractivity contribution is 5.90. The number of nitrogens with one attached hydrogen (secondary N) is 1. The minimum atomic E-state index is -0.425. The van der Waals surface area contributed by atoms with Crippen LogP contribution in [0.3, 0.4) is 0 Å². The molecule has 3 aromatic heterocycles. The van der Waals surface area contributed by atoms with Crippen molar-refractivity contribution in [2.24, 2.45) is 0 Å². The summed E-state index contributed by atoms with van der Waals surface area (Å²) in [7, 11) is 0. The first kappa shape index (κ1) is 16.7. The molecule has 4 rings (SSSR count). The molecule has 4 aromatic rings. The number of benzene rings is 1. The van der Waals surface area contributed by atoms with Gasteiger partial charge in [-0.3, -0.25) is 19.3 Å². The molecule has 0 aliphatic carbocycles. The number of pyridine rings is 1.